The highest BCUT2D eigenvalue weighted by molar-refractivity contribution is 6.31. The number of aromatic nitrogens is 1. The Kier molecular flexibility index (Phi) is 3.81. The summed E-state index contributed by atoms with van der Waals surface area (Å²) >= 11 is 6.01. The molecule has 2 N–H and O–H groups in total. The maximum atomic E-state index is 6.01. The van der Waals surface area contributed by atoms with Crippen LogP contribution in [-0.4, -0.2) is 11.0 Å². The minimum Gasteiger partial charge on any atom is -0.361 e. The van der Waals surface area contributed by atoms with Gasteiger partial charge in [-0.05, 0) is 36.5 Å². The van der Waals surface area contributed by atoms with E-state index in [1.54, 1.807) is 0 Å². The molecule has 1 heterocycles. The number of aromatic amines is 1. The molecule has 1 aliphatic rings. The van der Waals surface area contributed by atoms with E-state index in [2.05, 4.69) is 29.5 Å². The van der Waals surface area contributed by atoms with Crippen LogP contribution in [0.2, 0.25) is 5.02 Å². The molecule has 1 fully saturated rings. The maximum absolute atomic E-state index is 6.01. The second-order valence-electron chi connectivity index (χ2n) is 5.67. The van der Waals surface area contributed by atoms with Gasteiger partial charge in [0.15, 0.2) is 0 Å². The third kappa shape index (κ3) is 3.13. The lowest BCUT2D eigenvalue weighted by Gasteiger charge is -2.16. The van der Waals surface area contributed by atoms with Crippen molar-refractivity contribution in [3.05, 3.63) is 35.0 Å². The summed E-state index contributed by atoms with van der Waals surface area (Å²) in [4.78, 5) is 3.30. The molecule has 0 saturated heterocycles. The van der Waals surface area contributed by atoms with Crippen LogP contribution in [0.4, 0.5) is 0 Å². The highest BCUT2D eigenvalue weighted by Gasteiger charge is 2.24. The molecule has 0 radical (unpaired) electrons. The molecule has 0 aliphatic heterocycles. The van der Waals surface area contributed by atoms with Crippen LogP contribution >= 0.6 is 11.6 Å². The van der Waals surface area contributed by atoms with E-state index in [-0.39, 0.29) is 0 Å². The molecular weight excluding hydrogens is 256 g/mol. The van der Waals surface area contributed by atoms with Crippen LogP contribution in [-0.2, 0) is 6.54 Å². The van der Waals surface area contributed by atoms with Gasteiger partial charge in [-0.15, -0.1) is 0 Å². The number of nitrogens with one attached hydrogen (secondary N) is 2. The van der Waals surface area contributed by atoms with Crippen molar-refractivity contribution < 1.29 is 0 Å². The first-order chi connectivity index (χ1) is 9.26. The summed E-state index contributed by atoms with van der Waals surface area (Å²) in [5.74, 6) is 0.985. The fraction of sp³-hybridized carbons (Fsp3) is 0.500. The van der Waals surface area contributed by atoms with Gasteiger partial charge in [-0.3, -0.25) is 0 Å². The van der Waals surface area contributed by atoms with Gasteiger partial charge in [0.25, 0.3) is 0 Å². The second-order valence-corrected chi connectivity index (χ2v) is 6.11. The van der Waals surface area contributed by atoms with E-state index >= 15 is 0 Å². The molecule has 1 aromatic carbocycles. The molecule has 19 heavy (non-hydrogen) atoms. The Morgan fingerprint density at radius 2 is 2.26 bits per heavy atom. The fourth-order valence-corrected chi connectivity index (χ4v) is 2.88. The number of H-pyrrole nitrogens is 1. The van der Waals surface area contributed by atoms with Gasteiger partial charge in [0.1, 0.15) is 0 Å². The van der Waals surface area contributed by atoms with E-state index in [1.807, 2.05) is 12.1 Å². The van der Waals surface area contributed by atoms with E-state index in [0.717, 1.165) is 23.0 Å². The Hall–Kier alpha value is -0.990. The van der Waals surface area contributed by atoms with Crippen molar-refractivity contribution in [2.24, 2.45) is 5.92 Å². The molecule has 1 saturated carbocycles. The molecule has 3 heteroatoms. The summed E-state index contributed by atoms with van der Waals surface area (Å²) in [7, 11) is 0. The van der Waals surface area contributed by atoms with Crippen LogP contribution in [0.1, 0.15) is 38.2 Å². The average Bonchev–Trinajstić information content (AvgIpc) is 3.14. The van der Waals surface area contributed by atoms with Gasteiger partial charge in [-0.2, -0.15) is 0 Å². The van der Waals surface area contributed by atoms with Crippen LogP contribution < -0.4 is 5.32 Å². The summed E-state index contributed by atoms with van der Waals surface area (Å²) in [6, 6.07) is 6.71. The van der Waals surface area contributed by atoms with Crippen LogP contribution in [0, 0.1) is 5.92 Å². The monoisotopic (exact) mass is 276 g/mol. The summed E-state index contributed by atoms with van der Waals surface area (Å²) in [5.41, 5.74) is 2.46. The Balaban J connectivity index is 1.66. The van der Waals surface area contributed by atoms with E-state index in [9.17, 15) is 0 Å². The largest absolute Gasteiger partial charge is 0.361 e. The molecule has 1 aliphatic carbocycles. The first kappa shape index (κ1) is 13.0. The van der Waals surface area contributed by atoms with Gasteiger partial charge < -0.3 is 10.3 Å². The standard InChI is InChI=1S/C16H21ClN2/c1-2-14(7-11-3-4-11)18-9-12-10-19-16-8-13(17)5-6-15(12)16/h5-6,8,10-11,14,18-19H,2-4,7,9H2,1H3. The third-order valence-electron chi connectivity index (χ3n) is 4.12. The van der Waals surface area contributed by atoms with Crippen LogP contribution in [0.25, 0.3) is 10.9 Å². The molecule has 1 aromatic heterocycles. The normalized spacial score (nSPS) is 16.9. The van der Waals surface area contributed by atoms with Crippen molar-refractivity contribution in [3.8, 4) is 0 Å². The van der Waals surface area contributed by atoms with Crippen LogP contribution in [0.15, 0.2) is 24.4 Å². The summed E-state index contributed by atoms with van der Waals surface area (Å²) < 4.78 is 0. The summed E-state index contributed by atoms with van der Waals surface area (Å²) in [6.07, 6.45) is 7.51. The predicted octanol–water partition coefficient (Wildman–Crippen LogP) is 4.49. The Bertz CT molecular complexity index is 557. The number of fused-ring (bicyclic) bond motifs is 1. The fourth-order valence-electron chi connectivity index (χ4n) is 2.71. The number of benzene rings is 1. The summed E-state index contributed by atoms with van der Waals surface area (Å²) in [6.45, 7) is 3.21. The average molecular weight is 277 g/mol. The molecule has 3 rings (SSSR count). The maximum Gasteiger partial charge on any atom is 0.0472 e. The van der Waals surface area contributed by atoms with Gasteiger partial charge in [0, 0.05) is 34.7 Å². The van der Waals surface area contributed by atoms with Gasteiger partial charge >= 0.3 is 0 Å². The Morgan fingerprint density at radius 3 is 3.00 bits per heavy atom. The van der Waals surface area contributed by atoms with Crippen molar-refractivity contribution in [2.45, 2.75) is 45.2 Å². The van der Waals surface area contributed by atoms with Crippen molar-refractivity contribution in [1.29, 1.82) is 0 Å². The van der Waals surface area contributed by atoms with Gasteiger partial charge in [-0.1, -0.05) is 37.4 Å². The van der Waals surface area contributed by atoms with E-state index < -0.39 is 0 Å². The van der Waals surface area contributed by atoms with E-state index in [1.165, 1.54) is 36.6 Å². The summed E-state index contributed by atoms with van der Waals surface area (Å²) in [5, 5.41) is 5.76. The molecule has 1 unspecified atom stereocenters. The molecule has 0 amide bonds. The second kappa shape index (κ2) is 5.56. The first-order valence-corrected chi connectivity index (χ1v) is 7.63. The molecule has 102 valence electrons. The van der Waals surface area contributed by atoms with Crippen molar-refractivity contribution in [1.82, 2.24) is 10.3 Å². The van der Waals surface area contributed by atoms with Crippen LogP contribution in [0.3, 0.4) is 0 Å². The number of hydrogen-bond donors (Lipinski definition) is 2. The Labute approximate surface area is 119 Å². The van der Waals surface area contributed by atoms with E-state index in [0.29, 0.717) is 6.04 Å². The SMILES string of the molecule is CCC(CC1CC1)NCc1c[nH]c2cc(Cl)ccc12. The molecule has 0 spiro atoms. The predicted molar refractivity (Wildman–Crippen MR) is 81.6 cm³/mol. The van der Waals surface area contributed by atoms with E-state index in [4.69, 9.17) is 11.6 Å². The minimum absolute atomic E-state index is 0.657. The lowest BCUT2D eigenvalue weighted by atomic mass is 10.1. The first-order valence-electron chi connectivity index (χ1n) is 7.25. The number of rotatable bonds is 6. The smallest absolute Gasteiger partial charge is 0.0472 e. The molecular formula is C16H21ClN2. The topological polar surface area (TPSA) is 27.8 Å². The zero-order valence-corrected chi connectivity index (χ0v) is 12.1. The molecule has 2 nitrogen and oxygen atoms in total. The highest BCUT2D eigenvalue weighted by atomic mass is 35.5. The molecule has 1 atom stereocenters. The van der Waals surface area contributed by atoms with Crippen molar-refractivity contribution >= 4 is 22.5 Å². The number of hydrogen-bond acceptors (Lipinski definition) is 1. The molecule has 2 aromatic rings. The Morgan fingerprint density at radius 1 is 1.42 bits per heavy atom. The zero-order chi connectivity index (χ0) is 13.2. The highest BCUT2D eigenvalue weighted by Crippen LogP contribution is 2.34. The van der Waals surface area contributed by atoms with Gasteiger partial charge in [-0.25, -0.2) is 0 Å². The third-order valence-corrected chi connectivity index (χ3v) is 4.35. The van der Waals surface area contributed by atoms with Crippen molar-refractivity contribution in [2.75, 3.05) is 0 Å². The number of halogens is 1. The molecule has 0 bridgehead atoms. The lowest BCUT2D eigenvalue weighted by molar-refractivity contribution is 0.445. The lowest BCUT2D eigenvalue weighted by Crippen LogP contribution is -2.28. The van der Waals surface area contributed by atoms with Gasteiger partial charge in [0.2, 0.25) is 0 Å². The van der Waals surface area contributed by atoms with Crippen LogP contribution in [0.5, 0.6) is 0 Å². The quantitative estimate of drug-likeness (QED) is 0.799. The van der Waals surface area contributed by atoms with Gasteiger partial charge in [0.05, 0.1) is 0 Å². The minimum atomic E-state index is 0.657. The zero-order valence-electron chi connectivity index (χ0n) is 11.4. The van der Waals surface area contributed by atoms with Crippen molar-refractivity contribution in [3.63, 3.8) is 0 Å².